The minimum Gasteiger partial charge on any atom is -0.456 e. The van der Waals surface area contributed by atoms with Crippen LogP contribution < -0.4 is 0 Å². The first-order valence-corrected chi connectivity index (χ1v) is 18.4. The Kier molecular flexibility index (Phi) is 6.86. The lowest BCUT2D eigenvalue weighted by Crippen LogP contribution is -1.93. The Bertz CT molecular complexity index is 3100. The van der Waals surface area contributed by atoms with Crippen LogP contribution in [0.3, 0.4) is 0 Å². The molecule has 0 N–H and O–H groups in total. The fraction of sp³-hybridized carbons (Fsp3) is 0. The molecule has 0 unspecified atom stereocenters. The summed E-state index contributed by atoms with van der Waals surface area (Å²) in [5.74, 6) is 0. The van der Waals surface area contributed by atoms with Gasteiger partial charge in [0.1, 0.15) is 11.2 Å². The average molecular weight is 689 g/mol. The van der Waals surface area contributed by atoms with Crippen molar-refractivity contribution < 1.29 is 4.42 Å². The van der Waals surface area contributed by atoms with Crippen LogP contribution in [0.15, 0.2) is 199 Å². The zero-order chi connectivity index (χ0) is 35.6. The second kappa shape index (κ2) is 12.2. The smallest absolute Gasteiger partial charge is 0.137 e. The van der Waals surface area contributed by atoms with Gasteiger partial charge in [-0.15, -0.1) is 0 Å². The summed E-state index contributed by atoms with van der Waals surface area (Å²) in [6.07, 6.45) is 0. The molecular formula is C51H32N2O. The first-order valence-electron chi connectivity index (χ1n) is 18.4. The minimum atomic E-state index is 0.855. The third-order valence-electron chi connectivity index (χ3n) is 10.8. The molecule has 11 rings (SSSR count). The van der Waals surface area contributed by atoms with Gasteiger partial charge in [0, 0.05) is 44.2 Å². The van der Waals surface area contributed by atoms with Gasteiger partial charge in [0.2, 0.25) is 0 Å². The highest BCUT2D eigenvalue weighted by atomic mass is 16.3. The van der Waals surface area contributed by atoms with E-state index < -0.39 is 0 Å². The van der Waals surface area contributed by atoms with E-state index in [1.54, 1.807) is 0 Å². The summed E-state index contributed by atoms with van der Waals surface area (Å²) in [6, 6.07) is 69.0. The van der Waals surface area contributed by atoms with Crippen molar-refractivity contribution in [1.29, 1.82) is 0 Å². The van der Waals surface area contributed by atoms with Gasteiger partial charge < -0.3 is 8.98 Å². The zero-order valence-electron chi connectivity index (χ0n) is 29.3. The van der Waals surface area contributed by atoms with Crippen LogP contribution in [0.4, 0.5) is 0 Å². The van der Waals surface area contributed by atoms with Crippen molar-refractivity contribution >= 4 is 54.6 Å². The van der Waals surface area contributed by atoms with Gasteiger partial charge in [-0.25, -0.2) is 4.98 Å². The molecule has 3 heteroatoms. The van der Waals surface area contributed by atoms with Gasteiger partial charge in [-0.2, -0.15) is 0 Å². The van der Waals surface area contributed by atoms with Crippen LogP contribution in [0, 0.1) is 0 Å². The number of hydrogen-bond acceptors (Lipinski definition) is 2. The average Bonchev–Trinajstić information content (AvgIpc) is 3.79. The first-order chi connectivity index (χ1) is 26.8. The van der Waals surface area contributed by atoms with Gasteiger partial charge in [0.15, 0.2) is 0 Å². The molecule has 3 heterocycles. The van der Waals surface area contributed by atoms with Crippen LogP contribution in [-0.2, 0) is 0 Å². The summed E-state index contributed by atoms with van der Waals surface area (Å²) >= 11 is 0. The van der Waals surface area contributed by atoms with Crippen LogP contribution in [0.25, 0.3) is 105 Å². The molecule has 0 saturated carbocycles. The molecule has 0 amide bonds. The normalized spacial score (nSPS) is 11.7. The Labute approximate surface area is 312 Å². The van der Waals surface area contributed by atoms with Crippen LogP contribution in [0.1, 0.15) is 0 Å². The molecule has 8 aromatic carbocycles. The monoisotopic (exact) mass is 688 g/mol. The van der Waals surface area contributed by atoms with Crippen LogP contribution >= 0.6 is 0 Å². The summed E-state index contributed by atoms with van der Waals surface area (Å²) < 4.78 is 9.11. The number of pyridine rings is 1. The number of fused-ring (bicyclic) bond motifs is 7. The fourth-order valence-corrected chi connectivity index (χ4v) is 8.25. The van der Waals surface area contributed by atoms with Gasteiger partial charge in [0.05, 0.1) is 22.2 Å². The van der Waals surface area contributed by atoms with Crippen molar-refractivity contribution in [3.05, 3.63) is 194 Å². The highest BCUT2D eigenvalue weighted by Crippen LogP contribution is 2.42. The summed E-state index contributed by atoms with van der Waals surface area (Å²) in [5, 5.41) is 5.75. The van der Waals surface area contributed by atoms with Gasteiger partial charge in [-0.05, 0) is 88.0 Å². The maximum atomic E-state index is 6.73. The number of benzene rings is 8. The van der Waals surface area contributed by atoms with Crippen molar-refractivity contribution in [3.63, 3.8) is 0 Å². The van der Waals surface area contributed by atoms with Gasteiger partial charge >= 0.3 is 0 Å². The zero-order valence-corrected chi connectivity index (χ0v) is 29.3. The number of nitrogens with zero attached hydrogens (tertiary/aromatic N) is 2. The molecule has 0 spiro atoms. The van der Waals surface area contributed by atoms with E-state index in [1.165, 1.54) is 33.0 Å². The summed E-state index contributed by atoms with van der Waals surface area (Å²) in [6.45, 7) is 0. The summed E-state index contributed by atoms with van der Waals surface area (Å²) in [7, 11) is 0. The third-order valence-corrected chi connectivity index (χ3v) is 10.8. The van der Waals surface area contributed by atoms with Gasteiger partial charge in [0.25, 0.3) is 0 Å². The van der Waals surface area contributed by atoms with Crippen molar-refractivity contribution in [2.24, 2.45) is 0 Å². The predicted molar refractivity (Wildman–Crippen MR) is 225 cm³/mol. The SMILES string of the molecule is c1ccc(-c2ccc3c(c2)c2cc(-c4ccccc4)ccc2n3-c2ccc3c(c2)oc2cccc(-c4cc(-c5ccccc5)nc5ccccc45)c23)cc1. The number of rotatable bonds is 5. The topological polar surface area (TPSA) is 31.0 Å². The lowest BCUT2D eigenvalue weighted by molar-refractivity contribution is 0.668. The second-order valence-corrected chi connectivity index (χ2v) is 13.9. The van der Waals surface area contributed by atoms with Gasteiger partial charge in [-0.3, -0.25) is 0 Å². The molecule has 0 bridgehead atoms. The van der Waals surface area contributed by atoms with E-state index in [0.29, 0.717) is 0 Å². The fourth-order valence-electron chi connectivity index (χ4n) is 8.25. The maximum absolute atomic E-state index is 6.73. The molecule has 0 fully saturated rings. The highest BCUT2D eigenvalue weighted by molar-refractivity contribution is 6.16. The van der Waals surface area contributed by atoms with Crippen molar-refractivity contribution in [2.75, 3.05) is 0 Å². The number of para-hydroxylation sites is 1. The van der Waals surface area contributed by atoms with E-state index in [0.717, 1.165) is 71.9 Å². The van der Waals surface area contributed by atoms with E-state index in [4.69, 9.17) is 9.40 Å². The molecule has 0 aliphatic carbocycles. The summed E-state index contributed by atoms with van der Waals surface area (Å²) in [5.41, 5.74) is 15.2. The lowest BCUT2D eigenvalue weighted by Gasteiger charge is -2.12. The van der Waals surface area contributed by atoms with E-state index in [9.17, 15) is 0 Å². The molecule has 0 aliphatic rings. The standard InChI is InChI=1S/C51H32N2O/c1-4-13-33(14-5-1)36-23-27-47-43(29-36)44-30-37(34-15-6-2-7-16-34)24-28-48(44)53(47)38-25-26-41-50(31-38)54-49-22-12-20-40(51(41)49)42-32-46(35-17-8-3-9-18-35)52-45-21-11-10-19-39(42)45/h1-32H. The molecule has 0 aliphatic heterocycles. The van der Waals surface area contributed by atoms with Gasteiger partial charge in [-0.1, -0.05) is 133 Å². The van der Waals surface area contributed by atoms with Crippen molar-refractivity contribution in [1.82, 2.24) is 9.55 Å². The quantitative estimate of drug-likeness (QED) is 0.180. The Hall–Kier alpha value is -7.23. The van der Waals surface area contributed by atoms with Crippen LogP contribution in [0.5, 0.6) is 0 Å². The van der Waals surface area contributed by atoms with Crippen molar-refractivity contribution in [2.45, 2.75) is 0 Å². The molecule has 0 radical (unpaired) electrons. The first kappa shape index (κ1) is 30.4. The minimum absolute atomic E-state index is 0.855. The molecule has 3 aromatic heterocycles. The Morgan fingerprint density at radius 3 is 1.65 bits per heavy atom. The molecule has 11 aromatic rings. The number of furan rings is 1. The third kappa shape index (κ3) is 4.87. The Morgan fingerprint density at radius 2 is 0.981 bits per heavy atom. The predicted octanol–water partition coefficient (Wildman–Crippen LogP) is 13.9. The largest absolute Gasteiger partial charge is 0.456 e. The Balaban J connectivity index is 1.12. The number of aromatic nitrogens is 2. The van der Waals surface area contributed by atoms with E-state index in [2.05, 4.69) is 193 Å². The lowest BCUT2D eigenvalue weighted by atomic mass is 9.94. The van der Waals surface area contributed by atoms with Crippen LogP contribution in [-0.4, -0.2) is 9.55 Å². The van der Waals surface area contributed by atoms with E-state index >= 15 is 0 Å². The molecular weight excluding hydrogens is 657 g/mol. The van der Waals surface area contributed by atoms with E-state index in [-0.39, 0.29) is 0 Å². The van der Waals surface area contributed by atoms with Crippen molar-refractivity contribution in [3.8, 4) is 50.3 Å². The molecule has 0 saturated heterocycles. The molecule has 54 heavy (non-hydrogen) atoms. The van der Waals surface area contributed by atoms with Crippen LogP contribution in [0.2, 0.25) is 0 Å². The molecule has 0 atom stereocenters. The number of hydrogen-bond donors (Lipinski definition) is 0. The van der Waals surface area contributed by atoms with E-state index in [1.807, 2.05) is 6.07 Å². The second-order valence-electron chi connectivity index (χ2n) is 13.9. The molecule has 3 nitrogen and oxygen atoms in total. The molecule has 252 valence electrons. The summed E-state index contributed by atoms with van der Waals surface area (Å²) in [4.78, 5) is 5.07. The maximum Gasteiger partial charge on any atom is 0.137 e. The Morgan fingerprint density at radius 1 is 0.370 bits per heavy atom. The highest BCUT2D eigenvalue weighted by Gasteiger charge is 2.19.